The maximum atomic E-state index is 13.2. The monoisotopic (exact) mass is 428 g/mol. The molecule has 0 N–H and O–H groups in total. The summed E-state index contributed by atoms with van der Waals surface area (Å²) in [5, 5.41) is 5.40. The Labute approximate surface area is 188 Å². The molecule has 0 amide bonds. The van der Waals surface area contributed by atoms with E-state index in [2.05, 4.69) is 5.10 Å². The Balaban J connectivity index is 1.46. The minimum atomic E-state index is -0.647. The summed E-state index contributed by atoms with van der Waals surface area (Å²) >= 11 is 0. The van der Waals surface area contributed by atoms with Gasteiger partial charge < -0.3 is 4.42 Å². The Hall–Kier alpha value is -3.47. The molecule has 0 saturated carbocycles. The maximum absolute atomic E-state index is 13.2. The van der Waals surface area contributed by atoms with Gasteiger partial charge in [0.2, 0.25) is 0 Å². The van der Waals surface area contributed by atoms with Crippen LogP contribution in [-0.4, -0.2) is 21.3 Å². The number of aromatic nitrogens is 2. The lowest BCUT2D eigenvalue weighted by molar-refractivity contribution is -0.132. The molecule has 0 aliphatic carbocycles. The van der Waals surface area contributed by atoms with Crippen LogP contribution in [0.15, 0.2) is 71.3 Å². The second-order valence-corrected chi connectivity index (χ2v) is 8.37. The molecule has 0 aliphatic heterocycles. The summed E-state index contributed by atoms with van der Waals surface area (Å²) in [6, 6.07) is 19.8. The fraction of sp³-hybridized carbons (Fsp3) is 0.296. The number of hydrogen-bond acceptors (Lipinski definition) is 4. The molecule has 2 aromatic carbocycles. The molecule has 0 spiro atoms. The molecule has 2 heterocycles. The lowest BCUT2D eigenvalue weighted by Gasteiger charge is -2.15. The van der Waals surface area contributed by atoms with Crippen molar-refractivity contribution in [3.8, 4) is 0 Å². The molecular weight excluding hydrogens is 400 g/mol. The number of furan rings is 1. The fourth-order valence-corrected chi connectivity index (χ4v) is 4.17. The van der Waals surface area contributed by atoms with Crippen molar-refractivity contribution in [3.63, 3.8) is 0 Å². The van der Waals surface area contributed by atoms with E-state index in [0.717, 1.165) is 33.5 Å². The van der Waals surface area contributed by atoms with Crippen LogP contribution in [0.5, 0.6) is 0 Å². The van der Waals surface area contributed by atoms with Crippen molar-refractivity contribution in [3.05, 3.63) is 89.4 Å². The van der Waals surface area contributed by atoms with E-state index in [4.69, 9.17) is 4.42 Å². The molecule has 1 unspecified atom stereocenters. The molecule has 0 bridgehead atoms. The number of ketones is 2. The van der Waals surface area contributed by atoms with Gasteiger partial charge >= 0.3 is 0 Å². The van der Waals surface area contributed by atoms with Gasteiger partial charge in [0, 0.05) is 37.4 Å². The van der Waals surface area contributed by atoms with Gasteiger partial charge in [-0.25, -0.2) is 0 Å². The Morgan fingerprint density at radius 3 is 2.34 bits per heavy atom. The van der Waals surface area contributed by atoms with E-state index in [-0.39, 0.29) is 11.6 Å². The summed E-state index contributed by atoms with van der Waals surface area (Å²) in [7, 11) is 1.86. The lowest BCUT2D eigenvalue weighted by atomic mass is 9.87. The Bertz CT molecular complexity index is 1220. The van der Waals surface area contributed by atoms with Crippen LogP contribution in [0.3, 0.4) is 0 Å². The SMILES string of the molecule is Cc1cc(CC(C(=O)CCc2ccccc2)C(=O)CCc2ccc3occc3c2)n(C)n1. The number of hydrogen-bond donors (Lipinski definition) is 0. The van der Waals surface area contributed by atoms with Gasteiger partial charge in [0.25, 0.3) is 0 Å². The first-order valence-electron chi connectivity index (χ1n) is 11.0. The Morgan fingerprint density at radius 1 is 0.938 bits per heavy atom. The van der Waals surface area contributed by atoms with Crippen molar-refractivity contribution >= 4 is 22.5 Å². The summed E-state index contributed by atoms with van der Waals surface area (Å²) in [5.74, 6) is -0.650. The molecule has 2 aromatic heterocycles. The first-order valence-corrected chi connectivity index (χ1v) is 11.0. The summed E-state index contributed by atoms with van der Waals surface area (Å²) in [5.41, 5.74) is 4.81. The molecular formula is C27H28N2O3. The number of carbonyl (C=O) groups is 2. The fourth-order valence-electron chi connectivity index (χ4n) is 4.17. The number of rotatable bonds is 10. The average Bonchev–Trinajstić information content (AvgIpc) is 3.39. The van der Waals surface area contributed by atoms with Crippen LogP contribution in [0.2, 0.25) is 0 Å². The zero-order valence-corrected chi connectivity index (χ0v) is 18.6. The van der Waals surface area contributed by atoms with Gasteiger partial charge in [-0.1, -0.05) is 36.4 Å². The van der Waals surface area contributed by atoms with E-state index >= 15 is 0 Å². The predicted molar refractivity (Wildman–Crippen MR) is 124 cm³/mol. The number of fused-ring (bicyclic) bond motifs is 1. The highest BCUT2D eigenvalue weighted by Gasteiger charge is 2.27. The van der Waals surface area contributed by atoms with E-state index in [1.54, 1.807) is 10.9 Å². The number of benzene rings is 2. The van der Waals surface area contributed by atoms with Crippen LogP contribution in [0.1, 0.15) is 35.4 Å². The van der Waals surface area contributed by atoms with E-state index in [9.17, 15) is 9.59 Å². The zero-order valence-electron chi connectivity index (χ0n) is 18.6. The third kappa shape index (κ3) is 5.22. The van der Waals surface area contributed by atoms with Gasteiger partial charge in [0.05, 0.1) is 17.9 Å². The Morgan fingerprint density at radius 2 is 1.66 bits per heavy atom. The summed E-state index contributed by atoms with van der Waals surface area (Å²) in [6.45, 7) is 1.92. The minimum absolute atomic E-state index is 0.00277. The number of aryl methyl sites for hydroxylation is 4. The molecule has 0 radical (unpaired) electrons. The normalized spacial score (nSPS) is 12.2. The van der Waals surface area contributed by atoms with Gasteiger partial charge in [-0.3, -0.25) is 14.3 Å². The predicted octanol–water partition coefficient (Wildman–Crippen LogP) is 5.04. The van der Waals surface area contributed by atoms with Crippen molar-refractivity contribution in [1.82, 2.24) is 9.78 Å². The third-order valence-corrected chi connectivity index (χ3v) is 5.97. The maximum Gasteiger partial charge on any atom is 0.144 e. The van der Waals surface area contributed by atoms with Crippen molar-refractivity contribution < 1.29 is 14.0 Å². The molecule has 5 nitrogen and oxygen atoms in total. The summed E-state index contributed by atoms with van der Waals surface area (Å²) < 4.78 is 7.16. The van der Waals surface area contributed by atoms with Crippen molar-refractivity contribution in [2.45, 2.75) is 39.0 Å². The molecule has 5 heteroatoms. The molecule has 164 valence electrons. The average molecular weight is 429 g/mol. The highest BCUT2D eigenvalue weighted by molar-refractivity contribution is 6.02. The molecule has 4 rings (SSSR count). The van der Waals surface area contributed by atoms with Crippen LogP contribution in [0.4, 0.5) is 0 Å². The smallest absolute Gasteiger partial charge is 0.144 e. The second-order valence-electron chi connectivity index (χ2n) is 8.37. The highest BCUT2D eigenvalue weighted by Crippen LogP contribution is 2.21. The van der Waals surface area contributed by atoms with Gasteiger partial charge in [-0.05, 0) is 55.2 Å². The second kappa shape index (κ2) is 9.77. The molecule has 32 heavy (non-hydrogen) atoms. The topological polar surface area (TPSA) is 65.1 Å². The highest BCUT2D eigenvalue weighted by atomic mass is 16.3. The lowest BCUT2D eigenvalue weighted by Crippen LogP contribution is -2.28. The van der Waals surface area contributed by atoms with E-state index in [0.29, 0.717) is 32.1 Å². The van der Waals surface area contributed by atoms with Crippen molar-refractivity contribution in [2.75, 3.05) is 0 Å². The molecule has 0 aliphatic rings. The van der Waals surface area contributed by atoms with Crippen molar-refractivity contribution in [1.29, 1.82) is 0 Å². The van der Waals surface area contributed by atoms with Crippen molar-refractivity contribution in [2.24, 2.45) is 13.0 Å². The quantitative estimate of drug-likeness (QED) is 0.332. The molecule has 0 saturated heterocycles. The summed E-state index contributed by atoms with van der Waals surface area (Å²) in [4.78, 5) is 26.4. The minimum Gasteiger partial charge on any atom is -0.464 e. The van der Waals surface area contributed by atoms with Crippen LogP contribution >= 0.6 is 0 Å². The van der Waals surface area contributed by atoms with Crippen LogP contribution in [0, 0.1) is 12.8 Å². The van der Waals surface area contributed by atoms with Gasteiger partial charge in [0.1, 0.15) is 17.1 Å². The number of carbonyl (C=O) groups excluding carboxylic acids is 2. The first kappa shape index (κ1) is 21.8. The van der Waals surface area contributed by atoms with Gasteiger partial charge in [-0.15, -0.1) is 0 Å². The Kier molecular flexibility index (Phi) is 6.64. The summed E-state index contributed by atoms with van der Waals surface area (Å²) in [6.07, 6.45) is 4.00. The largest absolute Gasteiger partial charge is 0.464 e. The van der Waals surface area contributed by atoms with E-state index < -0.39 is 5.92 Å². The molecule has 0 fully saturated rings. The van der Waals surface area contributed by atoms with Crippen LogP contribution in [0.25, 0.3) is 11.0 Å². The number of Topliss-reactive ketones (excluding diaryl/α,β-unsaturated/α-hetero) is 2. The van der Waals surface area contributed by atoms with Crippen LogP contribution in [-0.2, 0) is 35.9 Å². The van der Waals surface area contributed by atoms with E-state index in [1.807, 2.05) is 74.6 Å². The van der Waals surface area contributed by atoms with Crippen LogP contribution < -0.4 is 0 Å². The first-order chi connectivity index (χ1) is 15.5. The molecule has 4 aromatic rings. The van der Waals surface area contributed by atoms with Gasteiger partial charge in [0.15, 0.2) is 0 Å². The molecule has 1 atom stereocenters. The van der Waals surface area contributed by atoms with Gasteiger partial charge in [-0.2, -0.15) is 5.10 Å². The van der Waals surface area contributed by atoms with E-state index in [1.165, 1.54) is 0 Å². The standard InChI is InChI=1S/C27H28N2O3/c1-19-16-23(29(2)28-19)18-24(25(30)11-8-20-6-4-3-5-7-20)26(31)12-9-21-10-13-27-22(17-21)14-15-32-27/h3-7,10,13-17,24H,8-9,11-12,18H2,1-2H3. The number of nitrogens with zero attached hydrogens (tertiary/aromatic N) is 2. The third-order valence-electron chi connectivity index (χ3n) is 5.97. The zero-order chi connectivity index (χ0) is 22.5.